The highest BCUT2D eigenvalue weighted by Crippen LogP contribution is 2.63. The molecule has 4 amide bonds. The highest BCUT2D eigenvalue weighted by Gasteiger charge is 2.67. The number of imide groups is 2. The number of allylic oxidation sites excluding steroid dienone is 2. The van der Waals surface area contributed by atoms with Crippen LogP contribution in [0.5, 0.6) is 5.75 Å². The number of benzene rings is 2. The van der Waals surface area contributed by atoms with E-state index < -0.39 is 52.6 Å². The lowest BCUT2D eigenvalue weighted by molar-refractivity contribution is -0.141. The van der Waals surface area contributed by atoms with Crippen molar-refractivity contribution in [3.05, 3.63) is 92.9 Å². The molecule has 2 aliphatic heterocycles. The zero-order valence-electron chi connectivity index (χ0n) is 24.3. The smallest absolute Gasteiger partial charge is 0.241 e. The number of ether oxygens (including phenoxy) is 1. The van der Waals surface area contributed by atoms with Crippen molar-refractivity contribution in [1.82, 2.24) is 4.90 Å². The summed E-state index contributed by atoms with van der Waals surface area (Å²) in [5.41, 5.74) is 0.588. The molecule has 0 bridgehead atoms. The molecule has 11 heteroatoms. The Morgan fingerprint density at radius 3 is 2.51 bits per heavy atom. The lowest BCUT2D eigenvalue weighted by Gasteiger charge is -2.49. The van der Waals surface area contributed by atoms with Gasteiger partial charge in [-0.15, -0.1) is 11.3 Å². The SMILES string of the molecule is C[C@@]12C(=O)N(c3ccc(F)c(Cl)c3)C(=O)[C@@H]1C[C@@H]1C(=CC[C@@H]3C(=O)N(Cc4cccs4)C(=O)[C@@H]31)[C@@H]2c1ccc(OCCO)cc1. The third kappa shape index (κ3) is 4.56. The summed E-state index contributed by atoms with van der Waals surface area (Å²) in [4.78, 5) is 59.7. The molecule has 1 aromatic heterocycles. The summed E-state index contributed by atoms with van der Waals surface area (Å²) in [7, 11) is 0. The number of thiophene rings is 1. The number of nitrogens with zero attached hydrogens (tertiary/aromatic N) is 2. The maximum atomic E-state index is 14.5. The normalized spacial score (nSPS) is 29.1. The standard InChI is InChI=1S/C34H30ClFN2O6S/c1-34-25(31(41)38(33(34)43)19-6-11-27(36)26(35)15-19)16-24-22(29(34)18-4-7-20(8-5-18)44-13-12-39)9-10-23-28(24)32(42)37(30(23)40)17-21-3-2-14-45-21/h2-9,11,14-15,23-25,28-29,39H,10,12-13,16-17H2,1H3/t23-,24+,25-,28-,29-,34+/m0/s1. The van der Waals surface area contributed by atoms with Gasteiger partial charge < -0.3 is 9.84 Å². The maximum Gasteiger partial charge on any atom is 0.241 e. The summed E-state index contributed by atoms with van der Waals surface area (Å²) >= 11 is 7.55. The van der Waals surface area contributed by atoms with Crippen LogP contribution in [0.3, 0.4) is 0 Å². The Bertz CT molecular complexity index is 1740. The van der Waals surface area contributed by atoms with Crippen molar-refractivity contribution in [2.75, 3.05) is 18.1 Å². The Balaban J connectivity index is 1.32. The van der Waals surface area contributed by atoms with Crippen molar-refractivity contribution >= 4 is 52.3 Å². The molecule has 2 aliphatic carbocycles. The summed E-state index contributed by atoms with van der Waals surface area (Å²) in [6.07, 6.45) is 2.58. The second-order valence-electron chi connectivity index (χ2n) is 12.2. The second kappa shape index (κ2) is 11.2. The molecule has 1 saturated carbocycles. The molecule has 3 fully saturated rings. The van der Waals surface area contributed by atoms with Gasteiger partial charge in [-0.25, -0.2) is 9.29 Å². The Morgan fingerprint density at radius 1 is 1.04 bits per heavy atom. The first-order valence-corrected chi connectivity index (χ1v) is 16.2. The van der Waals surface area contributed by atoms with Crippen molar-refractivity contribution in [2.24, 2.45) is 29.1 Å². The average Bonchev–Trinajstić information content (AvgIpc) is 3.69. The number of carbonyl (C=O) groups excluding carboxylic acids is 4. The highest BCUT2D eigenvalue weighted by atomic mass is 35.5. The van der Waals surface area contributed by atoms with E-state index >= 15 is 0 Å². The molecule has 2 saturated heterocycles. The Kier molecular flexibility index (Phi) is 7.42. The van der Waals surface area contributed by atoms with Gasteiger partial charge in [0, 0.05) is 10.8 Å². The number of carbonyl (C=O) groups is 4. The first-order chi connectivity index (χ1) is 21.6. The Hall–Kier alpha value is -3.86. The molecule has 0 radical (unpaired) electrons. The molecule has 1 N–H and O–H groups in total. The minimum absolute atomic E-state index is 0.124. The van der Waals surface area contributed by atoms with Crippen molar-refractivity contribution < 1.29 is 33.4 Å². The monoisotopic (exact) mass is 648 g/mol. The first-order valence-electron chi connectivity index (χ1n) is 14.9. The Morgan fingerprint density at radius 2 is 1.82 bits per heavy atom. The molecule has 6 atom stereocenters. The molecular weight excluding hydrogens is 619 g/mol. The number of amides is 4. The van der Waals surface area contributed by atoms with Crippen LogP contribution >= 0.6 is 22.9 Å². The largest absolute Gasteiger partial charge is 0.491 e. The predicted octanol–water partition coefficient (Wildman–Crippen LogP) is 5.34. The number of hydrogen-bond acceptors (Lipinski definition) is 7. The first kappa shape index (κ1) is 29.8. The van der Waals surface area contributed by atoms with E-state index in [0.29, 0.717) is 12.2 Å². The average molecular weight is 649 g/mol. The number of aliphatic hydroxyl groups is 1. The second-order valence-corrected chi connectivity index (χ2v) is 13.7. The van der Waals surface area contributed by atoms with E-state index in [9.17, 15) is 28.7 Å². The summed E-state index contributed by atoms with van der Waals surface area (Å²) in [5.74, 6) is -4.45. The minimum Gasteiger partial charge on any atom is -0.491 e. The van der Waals surface area contributed by atoms with Crippen LogP contribution < -0.4 is 9.64 Å². The molecule has 232 valence electrons. The molecule has 8 nitrogen and oxygen atoms in total. The molecule has 0 unspecified atom stereocenters. The topological polar surface area (TPSA) is 104 Å². The van der Waals surface area contributed by atoms with Gasteiger partial charge in [0.2, 0.25) is 23.6 Å². The van der Waals surface area contributed by atoms with E-state index in [0.717, 1.165) is 27.0 Å². The highest BCUT2D eigenvalue weighted by molar-refractivity contribution is 7.09. The molecule has 4 aliphatic rings. The fourth-order valence-electron chi connectivity index (χ4n) is 7.97. The van der Waals surface area contributed by atoms with Crippen LogP contribution in [0.15, 0.2) is 71.6 Å². The molecule has 0 spiro atoms. The van der Waals surface area contributed by atoms with Crippen LogP contribution in [0.4, 0.5) is 10.1 Å². The molecule has 3 heterocycles. The van der Waals surface area contributed by atoms with Gasteiger partial charge in [-0.1, -0.05) is 41.4 Å². The lowest BCUT2D eigenvalue weighted by Crippen LogP contribution is -2.48. The molecule has 3 aromatic rings. The van der Waals surface area contributed by atoms with Crippen LogP contribution in [0.25, 0.3) is 0 Å². The van der Waals surface area contributed by atoms with E-state index in [1.807, 2.05) is 35.7 Å². The third-order valence-electron chi connectivity index (χ3n) is 9.99. The summed E-state index contributed by atoms with van der Waals surface area (Å²) in [5, 5.41) is 10.9. The molecular formula is C34H30ClFN2O6S. The summed E-state index contributed by atoms with van der Waals surface area (Å²) in [6.45, 7) is 1.98. The van der Waals surface area contributed by atoms with Gasteiger partial charge in [-0.05, 0) is 73.0 Å². The number of hydrogen-bond donors (Lipinski definition) is 1. The zero-order chi connectivity index (χ0) is 31.6. The Labute approximate surface area is 268 Å². The lowest BCUT2D eigenvalue weighted by atomic mass is 9.51. The molecule has 45 heavy (non-hydrogen) atoms. The third-order valence-corrected chi connectivity index (χ3v) is 11.1. The van der Waals surface area contributed by atoms with E-state index in [-0.39, 0.29) is 48.7 Å². The van der Waals surface area contributed by atoms with Gasteiger partial charge in [0.1, 0.15) is 18.2 Å². The number of aliphatic hydroxyl groups excluding tert-OH is 1. The van der Waals surface area contributed by atoms with Gasteiger partial charge >= 0.3 is 0 Å². The fourth-order valence-corrected chi connectivity index (χ4v) is 8.83. The van der Waals surface area contributed by atoms with E-state index in [2.05, 4.69) is 0 Å². The summed E-state index contributed by atoms with van der Waals surface area (Å²) in [6, 6.07) is 14.7. The minimum atomic E-state index is -1.23. The number of likely N-dealkylation sites (tertiary alicyclic amines) is 1. The van der Waals surface area contributed by atoms with Gasteiger partial charge in [0.15, 0.2) is 0 Å². The van der Waals surface area contributed by atoms with Gasteiger partial charge in [-0.3, -0.25) is 24.1 Å². The van der Waals surface area contributed by atoms with Gasteiger partial charge in [-0.2, -0.15) is 0 Å². The summed E-state index contributed by atoms with van der Waals surface area (Å²) < 4.78 is 19.6. The van der Waals surface area contributed by atoms with Crippen molar-refractivity contribution in [1.29, 1.82) is 0 Å². The molecule has 7 rings (SSSR count). The molecule has 2 aromatic carbocycles. The maximum absolute atomic E-state index is 14.5. The van der Waals surface area contributed by atoms with Gasteiger partial charge in [0.25, 0.3) is 0 Å². The van der Waals surface area contributed by atoms with Crippen LogP contribution in [0, 0.1) is 34.9 Å². The van der Waals surface area contributed by atoms with E-state index in [1.54, 1.807) is 19.1 Å². The zero-order valence-corrected chi connectivity index (χ0v) is 25.9. The number of rotatable bonds is 7. The predicted molar refractivity (Wildman–Crippen MR) is 165 cm³/mol. The van der Waals surface area contributed by atoms with Crippen LogP contribution in [0.1, 0.15) is 36.1 Å². The van der Waals surface area contributed by atoms with Gasteiger partial charge in [0.05, 0.1) is 47.0 Å². The fraction of sp³-hybridized carbons (Fsp3) is 0.353. The van der Waals surface area contributed by atoms with Crippen molar-refractivity contribution in [3.63, 3.8) is 0 Å². The van der Waals surface area contributed by atoms with Crippen LogP contribution in [0.2, 0.25) is 5.02 Å². The quantitative estimate of drug-likeness (QED) is 0.274. The number of halogens is 2. The number of fused-ring (bicyclic) bond motifs is 4. The van der Waals surface area contributed by atoms with Crippen molar-refractivity contribution in [2.45, 2.75) is 32.2 Å². The van der Waals surface area contributed by atoms with Crippen LogP contribution in [-0.4, -0.2) is 46.8 Å². The van der Waals surface area contributed by atoms with Crippen molar-refractivity contribution in [3.8, 4) is 5.75 Å². The number of anilines is 1. The van der Waals surface area contributed by atoms with E-state index in [1.165, 1.54) is 28.4 Å². The van der Waals surface area contributed by atoms with Crippen LogP contribution in [-0.2, 0) is 25.7 Å². The van der Waals surface area contributed by atoms with E-state index in [4.69, 9.17) is 16.3 Å².